The summed E-state index contributed by atoms with van der Waals surface area (Å²) in [5.41, 5.74) is 3.22. The second kappa shape index (κ2) is 5.83. The number of hydrazone groups is 1. The lowest BCUT2D eigenvalue weighted by molar-refractivity contribution is -0.124. The van der Waals surface area contributed by atoms with Crippen molar-refractivity contribution in [3.05, 3.63) is 34.3 Å². The van der Waals surface area contributed by atoms with Gasteiger partial charge in [-0.05, 0) is 12.5 Å². The molecule has 0 aromatic heterocycles. The Morgan fingerprint density at radius 2 is 2.16 bits per heavy atom. The standard InChI is InChI=1S/C12H13BrN2O3S/c13-11-4-2-1-3-9(11)7-14-15-12(16)10-5-6-19(17,18)8-10/h1-4,7,10H,5-6,8H2,(H,15,16)/b14-7-/t10-/m0/s1. The van der Waals surface area contributed by atoms with Crippen LogP contribution in [0.3, 0.4) is 0 Å². The number of carbonyl (C=O) groups is 1. The van der Waals surface area contributed by atoms with Crippen molar-refractivity contribution in [1.29, 1.82) is 0 Å². The van der Waals surface area contributed by atoms with Gasteiger partial charge >= 0.3 is 0 Å². The van der Waals surface area contributed by atoms with E-state index in [9.17, 15) is 13.2 Å². The molecule has 1 aromatic carbocycles. The largest absolute Gasteiger partial charge is 0.273 e. The Hall–Kier alpha value is -1.21. The molecule has 1 aromatic rings. The van der Waals surface area contributed by atoms with Crippen LogP contribution in [-0.4, -0.2) is 32.0 Å². The lowest BCUT2D eigenvalue weighted by Crippen LogP contribution is -2.27. The number of benzene rings is 1. The van der Waals surface area contributed by atoms with Crippen LogP contribution < -0.4 is 5.43 Å². The zero-order valence-electron chi connectivity index (χ0n) is 10.0. The molecule has 5 nitrogen and oxygen atoms in total. The molecule has 1 amide bonds. The molecule has 0 bridgehead atoms. The first kappa shape index (κ1) is 14.2. The first-order chi connectivity index (χ1) is 8.98. The number of halogens is 1. The van der Waals surface area contributed by atoms with E-state index in [1.54, 1.807) is 0 Å². The summed E-state index contributed by atoms with van der Waals surface area (Å²) >= 11 is 3.36. The van der Waals surface area contributed by atoms with E-state index in [2.05, 4.69) is 26.5 Å². The normalized spacial score (nSPS) is 21.6. The lowest BCUT2D eigenvalue weighted by Gasteiger charge is -2.04. The highest BCUT2D eigenvalue weighted by molar-refractivity contribution is 9.10. The summed E-state index contributed by atoms with van der Waals surface area (Å²) in [6.07, 6.45) is 1.89. The van der Waals surface area contributed by atoms with Gasteiger partial charge in [-0.2, -0.15) is 5.10 Å². The van der Waals surface area contributed by atoms with Gasteiger partial charge in [0.25, 0.3) is 0 Å². The van der Waals surface area contributed by atoms with Crippen molar-refractivity contribution < 1.29 is 13.2 Å². The number of hydrogen-bond donors (Lipinski definition) is 1. The Balaban J connectivity index is 1.93. The average molecular weight is 345 g/mol. The summed E-state index contributed by atoms with van der Waals surface area (Å²) in [5, 5.41) is 3.85. The molecule has 1 heterocycles. The van der Waals surface area contributed by atoms with Crippen molar-refractivity contribution in [2.24, 2.45) is 11.0 Å². The van der Waals surface area contributed by atoms with Gasteiger partial charge in [0.1, 0.15) is 0 Å². The molecule has 0 aliphatic carbocycles. The van der Waals surface area contributed by atoms with E-state index in [0.717, 1.165) is 10.0 Å². The summed E-state index contributed by atoms with van der Waals surface area (Å²) in [6.45, 7) is 0. The molecule has 1 saturated heterocycles. The van der Waals surface area contributed by atoms with E-state index < -0.39 is 15.8 Å². The van der Waals surface area contributed by atoms with Crippen molar-refractivity contribution in [3.63, 3.8) is 0 Å². The number of amides is 1. The van der Waals surface area contributed by atoms with Gasteiger partial charge in [0, 0.05) is 10.0 Å². The molecule has 19 heavy (non-hydrogen) atoms. The summed E-state index contributed by atoms with van der Waals surface area (Å²) < 4.78 is 23.4. The topological polar surface area (TPSA) is 75.6 Å². The quantitative estimate of drug-likeness (QED) is 0.663. The fourth-order valence-electron chi connectivity index (χ4n) is 1.84. The third kappa shape index (κ3) is 3.87. The molecule has 7 heteroatoms. The summed E-state index contributed by atoms with van der Waals surface area (Å²) in [7, 11) is -3.04. The summed E-state index contributed by atoms with van der Waals surface area (Å²) in [6, 6.07) is 7.45. The Bertz CT molecular complexity index is 613. The summed E-state index contributed by atoms with van der Waals surface area (Å²) in [4.78, 5) is 11.7. The maximum absolute atomic E-state index is 11.7. The number of hydrogen-bond acceptors (Lipinski definition) is 4. The molecular weight excluding hydrogens is 332 g/mol. The fourth-order valence-corrected chi connectivity index (χ4v) is 3.97. The SMILES string of the molecule is O=C(N/N=C\c1ccccc1Br)[C@H]1CCS(=O)(=O)C1. The van der Waals surface area contributed by atoms with Crippen LogP contribution in [0.15, 0.2) is 33.8 Å². The monoisotopic (exact) mass is 344 g/mol. The van der Waals surface area contributed by atoms with Crippen LogP contribution in [0.2, 0.25) is 0 Å². The van der Waals surface area contributed by atoms with E-state index >= 15 is 0 Å². The van der Waals surface area contributed by atoms with Gasteiger partial charge in [-0.15, -0.1) is 0 Å². The summed E-state index contributed by atoms with van der Waals surface area (Å²) in [5.74, 6) is -0.826. The molecule has 1 aliphatic heterocycles. The zero-order chi connectivity index (χ0) is 13.9. The van der Waals surface area contributed by atoms with Crippen LogP contribution in [0.4, 0.5) is 0 Å². The van der Waals surface area contributed by atoms with Crippen LogP contribution in [0.5, 0.6) is 0 Å². The number of carbonyl (C=O) groups excluding carboxylic acids is 1. The maximum atomic E-state index is 11.7. The highest BCUT2D eigenvalue weighted by Gasteiger charge is 2.32. The Morgan fingerprint density at radius 1 is 1.42 bits per heavy atom. The molecule has 0 unspecified atom stereocenters. The number of nitrogens with one attached hydrogen (secondary N) is 1. The van der Waals surface area contributed by atoms with Gasteiger partial charge in [-0.25, -0.2) is 13.8 Å². The molecule has 102 valence electrons. The number of sulfone groups is 1. The molecule has 1 aliphatic rings. The predicted octanol–water partition coefficient (Wildman–Crippen LogP) is 1.33. The Kier molecular flexibility index (Phi) is 4.36. The number of nitrogens with zero attached hydrogens (tertiary/aromatic N) is 1. The third-order valence-electron chi connectivity index (χ3n) is 2.89. The lowest BCUT2D eigenvalue weighted by atomic mass is 10.1. The molecule has 1 N–H and O–H groups in total. The Labute approximate surface area is 120 Å². The van der Waals surface area contributed by atoms with Crippen LogP contribution >= 0.6 is 15.9 Å². The first-order valence-corrected chi connectivity index (χ1v) is 8.37. The molecule has 0 spiro atoms. The second-order valence-electron chi connectivity index (χ2n) is 4.36. The molecular formula is C12H13BrN2O3S. The molecule has 0 saturated carbocycles. The minimum absolute atomic E-state index is 0.0800. The average Bonchev–Trinajstić information content (AvgIpc) is 2.72. The van der Waals surface area contributed by atoms with E-state index in [1.807, 2.05) is 24.3 Å². The fraction of sp³-hybridized carbons (Fsp3) is 0.333. The van der Waals surface area contributed by atoms with Crippen molar-refractivity contribution in [3.8, 4) is 0 Å². The first-order valence-electron chi connectivity index (χ1n) is 5.76. The highest BCUT2D eigenvalue weighted by Crippen LogP contribution is 2.18. The molecule has 0 radical (unpaired) electrons. The van der Waals surface area contributed by atoms with Crippen LogP contribution in [0.1, 0.15) is 12.0 Å². The van der Waals surface area contributed by atoms with Gasteiger partial charge in [-0.3, -0.25) is 4.79 Å². The van der Waals surface area contributed by atoms with Crippen LogP contribution in [0, 0.1) is 5.92 Å². The smallest absolute Gasteiger partial charge is 0.244 e. The van der Waals surface area contributed by atoms with Crippen LogP contribution in [0.25, 0.3) is 0 Å². The van der Waals surface area contributed by atoms with Crippen molar-refractivity contribution in [2.45, 2.75) is 6.42 Å². The van der Waals surface area contributed by atoms with Crippen LogP contribution in [-0.2, 0) is 14.6 Å². The minimum atomic E-state index is -3.04. The van der Waals surface area contributed by atoms with E-state index in [4.69, 9.17) is 0 Å². The zero-order valence-corrected chi connectivity index (χ0v) is 12.4. The van der Waals surface area contributed by atoms with Crippen molar-refractivity contribution in [1.82, 2.24) is 5.43 Å². The van der Waals surface area contributed by atoms with Gasteiger partial charge in [0.15, 0.2) is 9.84 Å². The van der Waals surface area contributed by atoms with E-state index in [0.29, 0.717) is 6.42 Å². The van der Waals surface area contributed by atoms with Crippen molar-refractivity contribution >= 4 is 37.9 Å². The van der Waals surface area contributed by atoms with Gasteiger partial charge in [0.2, 0.25) is 5.91 Å². The van der Waals surface area contributed by atoms with E-state index in [-0.39, 0.29) is 17.4 Å². The number of rotatable bonds is 3. The maximum Gasteiger partial charge on any atom is 0.244 e. The highest BCUT2D eigenvalue weighted by atomic mass is 79.9. The molecule has 2 rings (SSSR count). The molecule has 1 fully saturated rings. The second-order valence-corrected chi connectivity index (χ2v) is 7.44. The molecule has 1 atom stereocenters. The van der Waals surface area contributed by atoms with Crippen molar-refractivity contribution in [2.75, 3.05) is 11.5 Å². The third-order valence-corrected chi connectivity index (χ3v) is 5.38. The van der Waals surface area contributed by atoms with Gasteiger partial charge in [-0.1, -0.05) is 34.1 Å². The minimum Gasteiger partial charge on any atom is -0.273 e. The van der Waals surface area contributed by atoms with E-state index in [1.165, 1.54) is 6.21 Å². The Morgan fingerprint density at radius 3 is 2.79 bits per heavy atom. The van der Waals surface area contributed by atoms with Gasteiger partial charge < -0.3 is 0 Å². The predicted molar refractivity (Wildman–Crippen MR) is 76.6 cm³/mol. The van der Waals surface area contributed by atoms with Gasteiger partial charge in [0.05, 0.1) is 23.6 Å².